The zero-order valence-corrected chi connectivity index (χ0v) is 36.0. The maximum atomic E-state index is 13.3. The van der Waals surface area contributed by atoms with Crippen LogP contribution >= 0.6 is 0 Å². The quantitative estimate of drug-likeness (QED) is 0.114. The predicted molar refractivity (Wildman–Crippen MR) is 231 cm³/mol. The van der Waals surface area contributed by atoms with Gasteiger partial charge in [-0.1, -0.05) is 68.1 Å². The van der Waals surface area contributed by atoms with Crippen molar-refractivity contribution >= 4 is 0 Å². The molecule has 4 aromatic carbocycles. The van der Waals surface area contributed by atoms with Crippen molar-refractivity contribution in [1.29, 1.82) is 0 Å². The summed E-state index contributed by atoms with van der Waals surface area (Å²) in [6, 6.07) is 28.4. The first-order chi connectivity index (χ1) is 27.3. The topological polar surface area (TPSA) is 45.2 Å². The Morgan fingerprint density at radius 1 is 0.492 bits per heavy atom. The summed E-state index contributed by atoms with van der Waals surface area (Å²) in [5.41, 5.74) is 1.86. The number of alkyl halides is 6. The van der Waals surface area contributed by atoms with Crippen LogP contribution in [0.2, 0.25) is 0 Å². The first-order valence-corrected chi connectivity index (χ1v) is 19.9. The van der Waals surface area contributed by atoms with Gasteiger partial charge in [-0.15, -0.1) is 0 Å². The fourth-order valence-corrected chi connectivity index (χ4v) is 7.52. The summed E-state index contributed by atoms with van der Waals surface area (Å²) in [7, 11) is 4.01. The number of hydrogen-bond acceptors (Lipinski definition) is 5. The summed E-state index contributed by atoms with van der Waals surface area (Å²) in [5, 5.41) is 7.00. The molecule has 11 heteroatoms. The Hall–Kier alpha value is -4.06. The Balaban J connectivity index is 0.000000557. The molecule has 0 saturated heterocycles. The predicted octanol–water partition coefficient (Wildman–Crippen LogP) is 13.0. The summed E-state index contributed by atoms with van der Waals surface area (Å²) in [5.74, 6) is 0.613. The van der Waals surface area contributed by atoms with Crippen LogP contribution in [-0.4, -0.2) is 73.5 Å². The smallest absolute Gasteiger partial charge is 0.416 e. The number of halogens is 6. The fraction of sp³-hybridized carbons (Fsp3) is 0.500. The maximum Gasteiger partial charge on any atom is 0.416 e. The summed E-state index contributed by atoms with van der Waals surface area (Å²) >= 11 is 0. The van der Waals surface area contributed by atoms with E-state index in [-0.39, 0.29) is 19.3 Å². The van der Waals surface area contributed by atoms with Crippen LogP contribution in [0.5, 0.6) is 11.5 Å². The largest absolute Gasteiger partial charge is 0.496 e. The van der Waals surface area contributed by atoms with Crippen molar-refractivity contribution in [2.24, 2.45) is 0 Å². The van der Waals surface area contributed by atoms with Crippen LogP contribution in [-0.2, 0) is 12.4 Å². The van der Waals surface area contributed by atoms with E-state index in [0.717, 1.165) is 43.5 Å². The molecule has 0 amide bonds. The molecule has 0 aliphatic carbocycles. The number of aliphatic hydroxyl groups is 1. The van der Waals surface area contributed by atoms with Crippen molar-refractivity contribution < 1.29 is 40.9 Å². The molecule has 0 bridgehead atoms. The van der Waals surface area contributed by atoms with E-state index < -0.39 is 23.5 Å². The number of methoxy groups -OCH3 is 2. The molecule has 0 aromatic heterocycles. The van der Waals surface area contributed by atoms with Gasteiger partial charge in [0, 0.05) is 54.2 Å². The lowest BCUT2D eigenvalue weighted by atomic mass is 9.86. The van der Waals surface area contributed by atoms with Gasteiger partial charge in [0.2, 0.25) is 0 Å². The molecule has 2 atom stereocenters. The normalized spacial score (nSPS) is 12.8. The Bertz CT molecular complexity index is 1600. The molecular weight excluding hydrogens is 767 g/mol. The molecule has 0 saturated carbocycles. The second kappa shape index (κ2) is 24.9. The Morgan fingerprint density at radius 3 is 1.02 bits per heavy atom. The van der Waals surface area contributed by atoms with E-state index in [0.29, 0.717) is 59.6 Å². The third kappa shape index (κ3) is 15.8. The molecule has 0 spiro atoms. The van der Waals surface area contributed by atoms with E-state index >= 15 is 0 Å². The lowest BCUT2D eigenvalue weighted by Gasteiger charge is -2.32. The van der Waals surface area contributed by atoms with Gasteiger partial charge in [-0.05, 0) is 129 Å². The van der Waals surface area contributed by atoms with Crippen molar-refractivity contribution in [2.75, 3.05) is 34.4 Å². The van der Waals surface area contributed by atoms with Crippen LogP contribution < -0.4 is 9.47 Å². The zero-order valence-electron chi connectivity index (χ0n) is 36.0. The van der Waals surface area contributed by atoms with Crippen molar-refractivity contribution in [3.63, 3.8) is 0 Å². The van der Waals surface area contributed by atoms with E-state index in [1.165, 1.54) is 38.5 Å². The molecule has 5 nitrogen and oxygen atoms in total. The first kappa shape index (κ1) is 53.0. The van der Waals surface area contributed by atoms with Crippen molar-refractivity contribution in [3.05, 3.63) is 130 Å². The molecule has 4 aromatic rings. The average Bonchev–Trinajstić information content (AvgIpc) is 3.18. The molecule has 2 unspecified atom stereocenters. The number of benzene rings is 4. The SMILES string of the molecule is C.CO.COc1ccc(C(F)(F)F)cc1C(CCN(C(C)C)C(C)C)c1ccccc1.COc1ccc(C(F)(F)F)cc1C(CCN(C(C)C)C(C)C)c1ccccc1. The number of ether oxygens (including phenoxy) is 2. The molecule has 0 radical (unpaired) electrons. The highest BCUT2D eigenvalue weighted by molar-refractivity contribution is 5.46. The Morgan fingerprint density at radius 2 is 0.780 bits per heavy atom. The van der Waals surface area contributed by atoms with Gasteiger partial charge < -0.3 is 14.6 Å². The van der Waals surface area contributed by atoms with Gasteiger partial charge in [0.05, 0.1) is 25.3 Å². The van der Waals surface area contributed by atoms with E-state index in [1.807, 2.05) is 60.7 Å². The summed E-state index contributed by atoms with van der Waals surface area (Å²) in [6.07, 6.45) is -7.36. The standard InChI is InChI=1S/2C23H30F3NO.CH4O.CH4/c2*1-16(2)27(17(3)4)14-13-20(18-9-7-6-8-10-18)21-15-19(23(24,25)26)11-12-22(21)28-5;1-2;/h2*6-12,15-17,20H,13-14H2,1-5H3;2H,1H3;1H4. The molecule has 0 aliphatic rings. The van der Waals surface area contributed by atoms with Crippen LogP contribution in [0.3, 0.4) is 0 Å². The monoisotopic (exact) mass is 835 g/mol. The molecule has 0 aliphatic heterocycles. The van der Waals surface area contributed by atoms with Crippen LogP contribution in [0.15, 0.2) is 97.1 Å². The fourth-order valence-electron chi connectivity index (χ4n) is 7.52. The molecule has 0 heterocycles. The summed E-state index contributed by atoms with van der Waals surface area (Å²) < 4.78 is 90.9. The average molecular weight is 835 g/mol. The molecule has 1 N–H and O–H groups in total. The van der Waals surface area contributed by atoms with E-state index in [4.69, 9.17) is 14.6 Å². The number of rotatable bonds is 16. The second-order valence-corrected chi connectivity index (χ2v) is 15.3. The van der Waals surface area contributed by atoms with Crippen molar-refractivity contribution in [3.8, 4) is 11.5 Å². The van der Waals surface area contributed by atoms with Crippen LogP contribution in [0, 0.1) is 0 Å². The van der Waals surface area contributed by atoms with E-state index in [2.05, 4.69) is 65.2 Å². The minimum absolute atomic E-state index is 0. The lowest BCUT2D eigenvalue weighted by molar-refractivity contribution is -0.138. The Kier molecular flexibility index (Phi) is 22.3. The lowest BCUT2D eigenvalue weighted by Crippen LogP contribution is -2.38. The maximum absolute atomic E-state index is 13.3. The third-order valence-electron chi connectivity index (χ3n) is 10.3. The molecule has 59 heavy (non-hydrogen) atoms. The van der Waals surface area contributed by atoms with E-state index in [1.54, 1.807) is 0 Å². The van der Waals surface area contributed by atoms with Crippen LogP contribution in [0.4, 0.5) is 26.3 Å². The number of nitrogens with zero attached hydrogens (tertiary/aromatic N) is 2. The van der Waals surface area contributed by atoms with Gasteiger partial charge in [0.25, 0.3) is 0 Å². The number of aliphatic hydroxyl groups excluding tert-OH is 1. The minimum atomic E-state index is -4.38. The molecule has 4 rings (SSSR count). The van der Waals surface area contributed by atoms with Gasteiger partial charge in [0.15, 0.2) is 0 Å². The minimum Gasteiger partial charge on any atom is -0.496 e. The first-order valence-electron chi connectivity index (χ1n) is 19.9. The highest BCUT2D eigenvalue weighted by Crippen LogP contribution is 2.41. The van der Waals surface area contributed by atoms with E-state index in [9.17, 15) is 26.3 Å². The van der Waals surface area contributed by atoms with Crippen molar-refractivity contribution in [1.82, 2.24) is 9.80 Å². The van der Waals surface area contributed by atoms with Crippen molar-refractivity contribution in [2.45, 2.75) is 124 Å². The second-order valence-electron chi connectivity index (χ2n) is 15.3. The Labute approximate surface area is 350 Å². The van der Waals surface area contributed by atoms with Gasteiger partial charge in [-0.3, -0.25) is 9.80 Å². The van der Waals surface area contributed by atoms with Gasteiger partial charge in [-0.2, -0.15) is 26.3 Å². The van der Waals surface area contributed by atoms with Gasteiger partial charge in [-0.25, -0.2) is 0 Å². The highest BCUT2D eigenvalue weighted by atomic mass is 19.4. The summed E-state index contributed by atoms with van der Waals surface area (Å²) in [6.45, 7) is 18.7. The molecular formula is C48H68F6N2O3. The van der Waals surface area contributed by atoms with Crippen LogP contribution in [0.1, 0.15) is 121 Å². The molecule has 0 fully saturated rings. The number of hydrogen-bond donors (Lipinski definition) is 1. The molecule has 330 valence electrons. The van der Waals surface area contributed by atoms with Gasteiger partial charge in [0.1, 0.15) is 11.5 Å². The van der Waals surface area contributed by atoms with Crippen LogP contribution in [0.25, 0.3) is 0 Å². The highest BCUT2D eigenvalue weighted by Gasteiger charge is 2.34. The zero-order chi connectivity index (χ0) is 43.8. The summed E-state index contributed by atoms with van der Waals surface area (Å²) in [4.78, 5) is 4.71. The van der Waals surface area contributed by atoms with Gasteiger partial charge >= 0.3 is 12.4 Å². The third-order valence-corrected chi connectivity index (χ3v) is 10.3.